The summed E-state index contributed by atoms with van der Waals surface area (Å²) in [6.07, 6.45) is 54.5. The van der Waals surface area contributed by atoms with Crippen LogP contribution in [0.4, 0.5) is 0 Å². The summed E-state index contributed by atoms with van der Waals surface area (Å²) in [5.41, 5.74) is 0. The highest BCUT2D eigenvalue weighted by atomic mass is 16.2. The maximum atomic E-state index is 13.9. The Morgan fingerprint density at radius 2 is 0.585 bits per heavy atom. The van der Waals surface area contributed by atoms with Crippen molar-refractivity contribution in [2.45, 2.75) is 285 Å². The Labute approximate surface area is 407 Å². The van der Waals surface area contributed by atoms with E-state index in [9.17, 15) is 9.59 Å². The molecule has 1 fully saturated rings. The first kappa shape index (κ1) is 61.8. The second kappa shape index (κ2) is 49.2. The van der Waals surface area contributed by atoms with Crippen LogP contribution in [0.1, 0.15) is 285 Å². The van der Waals surface area contributed by atoms with E-state index in [0.717, 1.165) is 32.6 Å². The number of amides is 2. The van der Waals surface area contributed by atoms with Gasteiger partial charge in [-0.25, -0.2) is 0 Å². The van der Waals surface area contributed by atoms with E-state index in [-0.39, 0.29) is 11.8 Å². The lowest BCUT2D eigenvalue weighted by molar-refractivity contribution is -0.139. The van der Waals surface area contributed by atoms with Gasteiger partial charge in [-0.1, -0.05) is 259 Å². The van der Waals surface area contributed by atoms with Crippen molar-refractivity contribution in [3.05, 3.63) is 0 Å². The molecule has 0 saturated carbocycles. The molecule has 0 aromatic heterocycles. The van der Waals surface area contributed by atoms with Gasteiger partial charge in [0, 0.05) is 39.3 Å². The molecule has 0 aliphatic carbocycles. The van der Waals surface area contributed by atoms with Crippen molar-refractivity contribution in [2.75, 3.05) is 78.5 Å². The average Bonchev–Trinajstić information content (AvgIpc) is 3.32. The Bertz CT molecular complexity index is 963. The molecule has 0 atom stereocenters. The zero-order chi connectivity index (χ0) is 46.9. The van der Waals surface area contributed by atoms with Gasteiger partial charge >= 0.3 is 0 Å². The van der Waals surface area contributed by atoms with Crippen LogP contribution in [0.15, 0.2) is 0 Å². The monoisotopic (exact) mass is 916 g/mol. The molecule has 1 aliphatic heterocycles. The van der Waals surface area contributed by atoms with Crippen LogP contribution in [0.5, 0.6) is 0 Å². The maximum absolute atomic E-state index is 13.9. The van der Waals surface area contributed by atoms with Gasteiger partial charge in [0.15, 0.2) is 0 Å². The fourth-order valence-corrected chi connectivity index (χ4v) is 9.90. The fourth-order valence-electron chi connectivity index (χ4n) is 9.90. The minimum absolute atomic E-state index is 0.191. The second-order valence-corrected chi connectivity index (χ2v) is 20.8. The molecule has 65 heavy (non-hydrogen) atoms. The van der Waals surface area contributed by atoms with Crippen LogP contribution >= 0.6 is 0 Å². The van der Waals surface area contributed by atoms with Gasteiger partial charge in [0.05, 0.1) is 13.1 Å². The number of hydrogen-bond acceptors (Lipinski definition) is 5. The van der Waals surface area contributed by atoms with Gasteiger partial charge in [0.2, 0.25) is 11.8 Å². The molecule has 1 rings (SSSR count). The van der Waals surface area contributed by atoms with Crippen LogP contribution in [0, 0.1) is 0 Å². The SMILES string of the molecule is CCCCCCCCCCCCNCC(=O)N1CCN(C(=O)CN(CCCCCCCCCCCC)CCN(CCCCCCCCCCCC)CCCCCCCCCCCC)CC1. The molecule has 0 radical (unpaired) electrons. The third kappa shape index (κ3) is 40.4. The molecular formula is C58H117N5O2. The molecule has 0 bridgehead atoms. The highest BCUT2D eigenvalue weighted by molar-refractivity contribution is 5.80. The number of hydrogen-bond donors (Lipinski definition) is 1. The summed E-state index contributed by atoms with van der Waals surface area (Å²) in [4.78, 5) is 36.3. The van der Waals surface area contributed by atoms with Crippen LogP contribution in [-0.2, 0) is 9.59 Å². The van der Waals surface area contributed by atoms with E-state index in [1.807, 2.05) is 4.90 Å². The van der Waals surface area contributed by atoms with Crippen LogP contribution < -0.4 is 5.32 Å². The molecule has 1 heterocycles. The van der Waals surface area contributed by atoms with Gasteiger partial charge in [-0.05, 0) is 51.9 Å². The number of nitrogens with zero attached hydrogens (tertiary/aromatic N) is 4. The van der Waals surface area contributed by atoms with E-state index < -0.39 is 0 Å². The van der Waals surface area contributed by atoms with Crippen molar-refractivity contribution in [1.29, 1.82) is 0 Å². The highest BCUT2D eigenvalue weighted by Gasteiger charge is 2.25. The van der Waals surface area contributed by atoms with E-state index in [4.69, 9.17) is 0 Å². The van der Waals surface area contributed by atoms with Crippen LogP contribution in [0.2, 0.25) is 0 Å². The number of rotatable bonds is 51. The van der Waals surface area contributed by atoms with Crippen molar-refractivity contribution in [1.82, 2.24) is 24.9 Å². The number of piperazine rings is 1. The smallest absolute Gasteiger partial charge is 0.236 e. The zero-order valence-electron chi connectivity index (χ0n) is 44.9. The van der Waals surface area contributed by atoms with E-state index in [1.54, 1.807) is 0 Å². The minimum Gasteiger partial charge on any atom is -0.338 e. The van der Waals surface area contributed by atoms with Gasteiger partial charge in [0.1, 0.15) is 0 Å². The minimum atomic E-state index is 0.191. The Hall–Kier alpha value is -1.18. The summed E-state index contributed by atoms with van der Waals surface area (Å²) in [5, 5.41) is 3.42. The summed E-state index contributed by atoms with van der Waals surface area (Å²) in [5.74, 6) is 0.455. The lowest BCUT2D eigenvalue weighted by Gasteiger charge is -2.36. The number of carbonyl (C=O) groups excluding carboxylic acids is 2. The molecule has 7 heteroatoms. The molecule has 0 unspecified atom stereocenters. The number of carbonyl (C=O) groups is 2. The summed E-state index contributed by atoms with van der Waals surface area (Å²) >= 11 is 0. The maximum Gasteiger partial charge on any atom is 0.236 e. The highest BCUT2D eigenvalue weighted by Crippen LogP contribution is 2.16. The van der Waals surface area contributed by atoms with Gasteiger partial charge in [-0.3, -0.25) is 14.5 Å². The Morgan fingerprint density at radius 3 is 0.923 bits per heavy atom. The molecule has 1 N–H and O–H groups in total. The molecule has 386 valence electrons. The second-order valence-electron chi connectivity index (χ2n) is 20.8. The average molecular weight is 917 g/mol. The molecule has 2 amide bonds. The van der Waals surface area contributed by atoms with Crippen molar-refractivity contribution in [3.8, 4) is 0 Å². The fraction of sp³-hybridized carbons (Fsp3) is 0.966. The molecule has 0 aromatic rings. The van der Waals surface area contributed by atoms with Crippen molar-refractivity contribution >= 4 is 11.8 Å². The summed E-state index contributed by atoms with van der Waals surface area (Å²) < 4.78 is 0. The molecule has 1 saturated heterocycles. The molecule has 0 aromatic carbocycles. The first-order chi connectivity index (χ1) is 32.0. The Morgan fingerprint density at radius 1 is 0.323 bits per heavy atom. The molecule has 1 aliphatic rings. The quantitative estimate of drug-likeness (QED) is 0.0616. The topological polar surface area (TPSA) is 59.1 Å². The van der Waals surface area contributed by atoms with Crippen LogP contribution in [-0.4, -0.2) is 110 Å². The summed E-state index contributed by atoms with van der Waals surface area (Å²) in [7, 11) is 0. The third-order valence-electron chi connectivity index (χ3n) is 14.5. The van der Waals surface area contributed by atoms with Gasteiger partial charge in [-0.2, -0.15) is 0 Å². The zero-order valence-corrected chi connectivity index (χ0v) is 44.9. The van der Waals surface area contributed by atoms with Gasteiger partial charge in [0.25, 0.3) is 0 Å². The summed E-state index contributed by atoms with van der Waals surface area (Å²) in [6.45, 7) is 19.2. The third-order valence-corrected chi connectivity index (χ3v) is 14.5. The van der Waals surface area contributed by atoms with E-state index >= 15 is 0 Å². The number of unbranched alkanes of at least 4 members (excludes halogenated alkanes) is 36. The normalized spacial score (nSPS) is 13.3. The molecule has 7 nitrogen and oxygen atoms in total. The Balaban J connectivity index is 2.62. The van der Waals surface area contributed by atoms with Gasteiger partial charge in [-0.15, -0.1) is 0 Å². The molecule has 0 spiro atoms. The molecular weight excluding hydrogens is 799 g/mol. The van der Waals surface area contributed by atoms with Crippen molar-refractivity contribution in [3.63, 3.8) is 0 Å². The van der Waals surface area contributed by atoms with Crippen LogP contribution in [0.25, 0.3) is 0 Å². The van der Waals surface area contributed by atoms with Gasteiger partial charge < -0.3 is 20.0 Å². The first-order valence-corrected chi connectivity index (χ1v) is 29.8. The Kier molecular flexibility index (Phi) is 46.9. The number of nitrogens with one attached hydrogen (secondary N) is 1. The van der Waals surface area contributed by atoms with Crippen molar-refractivity contribution in [2.24, 2.45) is 0 Å². The van der Waals surface area contributed by atoms with Crippen molar-refractivity contribution < 1.29 is 9.59 Å². The first-order valence-electron chi connectivity index (χ1n) is 29.8. The largest absolute Gasteiger partial charge is 0.338 e. The van der Waals surface area contributed by atoms with E-state index in [0.29, 0.717) is 39.3 Å². The predicted molar refractivity (Wildman–Crippen MR) is 286 cm³/mol. The summed E-state index contributed by atoms with van der Waals surface area (Å²) in [6, 6.07) is 0. The van der Waals surface area contributed by atoms with E-state index in [1.165, 1.54) is 264 Å². The van der Waals surface area contributed by atoms with E-state index in [2.05, 4.69) is 47.7 Å². The predicted octanol–water partition coefficient (Wildman–Crippen LogP) is 15.5. The lowest BCUT2D eigenvalue weighted by Crippen LogP contribution is -2.54. The lowest BCUT2D eigenvalue weighted by atomic mass is 10.1. The van der Waals surface area contributed by atoms with Crippen LogP contribution in [0.3, 0.4) is 0 Å². The standard InChI is InChI=1S/C58H117N5O2/c1-5-9-13-17-21-25-29-33-37-41-45-59-55-57(64)62-51-53-63(54-52-62)58(65)56-61(48-44-40-36-32-28-24-20-16-12-8-4)50-49-60(46-42-38-34-30-26-22-18-14-10-6-2)47-43-39-35-31-27-23-19-15-11-7-3/h59H,5-56H2,1-4H3.